The Morgan fingerprint density at radius 1 is 1.24 bits per heavy atom. The van der Waals surface area contributed by atoms with Gasteiger partial charge in [0.1, 0.15) is 6.10 Å². The minimum atomic E-state index is -0.242. The Kier molecular flexibility index (Phi) is 5.71. The summed E-state index contributed by atoms with van der Waals surface area (Å²) in [5.41, 5.74) is 3.07. The number of rotatable bonds is 4. The fourth-order valence-corrected chi connectivity index (χ4v) is 3.62. The smallest absolute Gasteiger partial charge is 0.279 e. The van der Waals surface area contributed by atoms with Crippen molar-refractivity contribution in [2.45, 2.75) is 32.8 Å². The zero-order chi connectivity index (χ0) is 17.8. The molecule has 1 aromatic carbocycles. The highest BCUT2D eigenvalue weighted by Crippen LogP contribution is 2.19. The standard InChI is InChI=1S/C19H27N3O3/c1-14-5-3-6-15(2)18(14)20-17(23)13-21-8-10-22(11-9-21)19(24)16-7-4-12-25-16/h3,5-6,16H,4,7-13H2,1-2H3,(H,20,23)/p+1/t16-/m1/s1. The van der Waals surface area contributed by atoms with Gasteiger partial charge in [0.2, 0.25) is 0 Å². The molecule has 136 valence electrons. The van der Waals surface area contributed by atoms with Crippen LogP contribution >= 0.6 is 0 Å². The number of hydrogen-bond donors (Lipinski definition) is 2. The van der Waals surface area contributed by atoms with Crippen molar-refractivity contribution in [3.8, 4) is 0 Å². The molecule has 2 fully saturated rings. The van der Waals surface area contributed by atoms with Crippen molar-refractivity contribution >= 4 is 17.5 Å². The van der Waals surface area contributed by atoms with E-state index in [0.29, 0.717) is 26.2 Å². The number of quaternary nitrogens is 1. The first-order chi connectivity index (χ1) is 12.0. The molecule has 2 heterocycles. The Balaban J connectivity index is 1.47. The lowest BCUT2D eigenvalue weighted by molar-refractivity contribution is -0.895. The number of piperazine rings is 1. The number of carbonyl (C=O) groups is 2. The van der Waals surface area contributed by atoms with Crippen LogP contribution in [0.2, 0.25) is 0 Å². The summed E-state index contributed by atoms with van der Waals surface area (Å²) < 4.78 is 5.49. The van der Waals surface area contributed by atoms with Crippen molar-refractivity contribution in [2.24, 2.45) is 0 Å². The third-order valence-electron chi connectivity index (χ3n) is 5.14. The normalized spacial score (nSPS) is 21.4. The van der Waals surface area contributed by atoms with Crippen LogP contribution in [0.25, 0.3) is 0 Å². The maximum absolute atomic E-state index is 12.4. The number of nitrogens with zero attached hydrogens (tertiary/aromatic N) is 1. The van der Waals surface area contributed by atoms with Crippen LogP contribution in [0.4, 0.5) is 5.69 Å². The van der Waals surface area contributed by atoms with Crippen LogP contribution in [0.3, 0.4) is 0 Å². The zero-order valence-corrected chi connectivity index (χ0v) is 15.1. The van der Waals surface area contributed by atoms with Crippen LogP contribution in [0, 0.1) is 13.8 Å². The molecule has 2 N–H and O–H groups in total. The minimum absolute atomic E-state index is 0.0336. The molecule has 0 aliphatic carbocycles. The summed E-state index contributed by atoms with van der Waals surface area (Å²) in [7, 11) is 0. The number of nitrogens with one attached hydrogen (secondary N) is 2. The quantitative estimate of drug-likeness (QED) is 0.816. The lowest BCUT2D eigenvalue weighted by Crippen LogP contribution is -3.15. The molecule has 3 rings (SSSR count). The molecule has 2 aliphatic heterocycles. The molecule has 6 heteroatoms. The molecule has 0 unspecified atom stereocenters. The topological polar surface area (TPSA) is 63.1 Å². The molecule has 0 aromatic heterocycles. The predicted molar refractivity (Wildman–Crippen MR) is 95.7 cm³/mol. The molecule has 1 aromatic rings. The SMILES string of the molecule is Cc1cccc(C)c1NC(=O)C[NH+]1CCN(C(=O)[C@H]2CCCO2)CC1. The highest BCUT2D eigenvalue weighted by atomic mass is 16.5. The Morgan fingerprint density at radius 3 is 2.52 bits per heavy atom. The van der Waals surface area contributed by atoms with E-state index in [1.54, 1.807) is 0 Å². The van der Waals surface area contributed by atoms with E-state index in [9.17, 15) is 9.59 Å². The summed E-state index contributed by atoms with van der Waals surface area (Å²) in [5.74, 6) is 0.155. The van der Waals surface area contributed by atoms with Crippen LogP contribution < -0.4 is 10.2 Å². The number of ether oxygens (including phenoxy) is 1. The van der Waals surface area contributed by atoms with Gasteiger partial charge < -0.3 is 19.9 Å². The van der Waals surface area contributed by atoms with Gasteiger partial charge in [-0.1, -0.05) is 18.2 Å². The number of anilines is 1. The van der Waals surface area contributed by atoms with E-state index in [2.05, 4.69) is 5.32 Å². The van der Waals surface area contributed by atoms with E-state index in [4.69, 9.17) is 4.74 Å². The lowest BCUT2D eigenvalue weighted by Gasteiger charge is -2.33. The van der Waals surface area contributed by atoms with Crippen LogP contribution in [0.5, 0.6) is 0 Å². The van der Waals surface area contributed by atoms with Crippen LogP contribution in [-0.4, -0.2) is 62.1 Å². The van der Waals surface area contributed by atoms with Gasteiger partial charge in [-0.3, -0.25) is 9.59 Å². The Morgan fingerprint density at radius 2 is 1.92 bits per heavy atom. The highest BCUT2D eigenvalue weighted by molar-refractivity contribution is 5.93. The van der Waals surface area contributed by atoms with Crippen LogP contribution in [0.15, 0.2) is 18.2 Å². The van der Waals surface area contributed by atoms with Gasteiger partial charge in [0.15, 0.2) is 6.54 Å². The number of carbonyl (C=O) groups excluding carboxylic acids is 2. The molecule has 2 saturated heterocycles. The van der Waals surface area contributed by atoms with Crippen molar-refractivity contribution in [2.75, 3.05) is 44.6 Å². The van der Waals surface area contributed by atoms with Gasteiger partial charge in [-0.15, -0.1) is 0 Å². The summed E-state index contributed by atoms with van der Waals surface area (Å²) in [4.78, 5) is 27.8. The molecule has 2 amide bonds. The van der Waals surface area contributed by atoms with Crippen molar-refractivity contribution in [3.05, 3.63) is 29.3 Å². The number of hydrogen-bond acceptors (Lipinski definition) is 3. The summed E-state index contributed by atoms with van der Waals surface area (Å²) in [5, 5.41) is 3.04. The second kappa shape index (κ2) is 7.97. The first-order valence-electron chi connectivity index (χ1n) is 9.14. The highest BCUT2D eigenvalue weighted by Gasteiger charge is 2.32. The van der Waals surface area contributed by atoms with Gasteiger partial charge in [-0.05, 0) is 37.8 Å². The van der Waals surface area contributed by atoms with Crippen molar-refractivity contribution in [1.29, 1.82) is 0 Å². The fourth-order valence-electron chi connectivity index (χ4n) is 3.62. The van der Waals surface area contributed by atoms with E-state index in [1.165, 1.54) is 4.90 Å². The van der Waals surface area contributed by atoms with Gasteiger partial charge in [0, 0.05) is 12.3 Å². The van der Waals surface area contributed by atoms with Crippen molar-refractivity contribution in [3.63, 3.8) is 0 Å². The van der Waals surface area contributed by atoms with Gasteiger partial charge in [-0.2, -0.15) is 0 Å². The van der Waals surface area contributed by atoms with Gasteiger partial charge >= 0.3 is 0 Å². The molecular weight excluding hydrogens is 318 g/mol. The molecule has 0 bridgehead atoms. The minimum Gasteiger partial charge on any atom is -0.368 e. The van der Waals surface area contributed by atoms with E-state index < -0.39 is 0 Å². The third kappa shape index (κ3) is 4.38. The second-order valence-corrected chi connectivity index (χ2v) is 7.07. The Labute approximate surface area is 149 Å². The van der Waals surface area contributed by atoms with Gasteiger partial charge in [-0.25, -0.2) is 0 Å². The zero-order valence-electron chi connectivity index (χ0n) is 15.1. The molecule has 0 saturated carbocycles. The lowest BCUT2D eigenvalue weighted by atomic mass is 10.1. The van der Waals surface area contributed by atoms with Crippen LogP contribution in [-0.2, 0) is 14.3 Å². The molecule has 1 atom stereocenters. The molecular formula is C19H28N3O3+. The number of benzene rings is 1. The largest absolute Gasteiger partial charge is 0.368 e. The van der Waals surface area contributed by atoms with Crippen molar-refractivity contribution in [1.82, 2.24) is 4.90 Å². The summed E-state index contributed by atoms with van der Waals surface area (Å²) in [6.07, 6.45) is 1.57. The van der Waals surface area contributed by atoms with Crippen molar-refractivity contribution < 1.29 is 19.2 Å². The van der Waals surface area contributed by atoms with E-state index >= 15 is 0 Å². The van der Waals surface area contributed by atoms with E-state index in [0.717, 1.165) is 42.7 Å². The monoisotopic (exact) mass is 346 g/mol. The average molecular weight is 346 g/mol. The maximum Gasteiger partial charge on any atom is 0.279 e. The average Bonchev–Trinajstić information content (AvgIpc) is 3.13. The number of amides is 2. The number of para-hydroxylation sites is 1. The van der Waals surface area contributed by atoms with E-state index in [1.807, 2.05) is 36.9 Å². The fraction of sp³-hybridized carbons (Fsp3) is 0.579. The summed E-state index contributed by atoms with van der Waals surface area (Å²) in [6, 6.07) is 6.01. The Bertz CT molecular complexity index is 613. The van der Waals surface area contributed by atoms with Crippen LogP contribution in [0.1, 0.15) is 24.0 Å². The molecule has 0 spiro atoms. The third-order valence-corrected chi connectivity index (χ3v) is 5.14. The molecule has 2 aliphatic rings. The predicted octanol–water partition coefficient (Wildman–Crippen LogP) is 0.148. The van der Waals surface area contributed by atoms with Gasteiger partial charge in [0.25, 0.3) is 11.8 Å². The Hall–Kier alpha value is -1.92. The first-order valence-corrected chi connectivity index (χ1v) is 9.14. The molecule has 0 radical (unpaired) electrons. The van der Waals surface area contributed by atoms with E-state index in [-0.39, 0.29) is 17.9 Å². The first kappa shape index (κ1) is 17.9. The summed E-state index contributed by atoms with van der Waals surface area (Å²) in [6.45, 7) is 8.15. The summed E-state index contributed by atoms with van der Waals surface area (Å²) >= 11 is 0. The second-order valence-electron chi connectivity index (χ2n) is 7.07. The molecule has 25 heavy (non-hydrogen) atoms. The molecule has 6 nitrogen and oxygen atoms in total. The van der Waals surface area contributed by atoms with Gasteiger partial charge in [0.05, 0.1) is 26.2 Å². The number of aryl methyl sites for hydroxylation is 2. The maximum atomic E-state index is 12.4.